The first-order chi connectivity index (χ1) is 16.4. The van der Waals surface area contributed by atoms with Crippen molar-refractivity contribution in [2.45, 2.75) is 31.5 Å². The first kappa shape index (κ1) is 22.9. The van der Waals surface area contributed by atoms with Crippen LogP contribution < -0.4 is 10.2 Å². The number of hydrogen-bond acceptors (Lipinski definition) is 5. The van der Waals surface area contributed by atoms with Crippen molar-refractivity contribution in [3.05, 3.63) is 77.9 Å². The second-order valence-corrected chi connectivity index (χ2v) is 10.4. The third kappa shape index (κ3) is 3.33. The molecule has 2 aromatic rings. The number of nitrogens with one attached hydrogen (secondary N) is 1. The molecule has 3 amide bonds. The summed E-state index contributed by atoms with van der Waals surface area (Å²) in [6.07, 6.45) is 2.73. The van der Waals surface area contributed by atoms with Crippen LogP contribution in [0.1, 0.15) is 24.5 Å². The molecule has 34 heavy (non-hydrogen) atoms. The van der Waals surface area contributed by atoms with Crippen molar-refractivity contribution in [2.24, 2.45) is 11.8 Å². The summed E-state index contributed by atoms with van der Waals surface area (Å²) in [7, 11) is 0. The number of hydrogen-bond donors (Lipinski definition) is 1. The highest BCUT2D eigenvalue weighted by Crippen LogP contribution is 2.55. The smallest absolute Gasteiger partial charge is 0.253 e. The fraction of sp³-hybridized carbons (Fsp3) is 0.370. The summed E-state index contributed by atoms with van der Waals surface area (Å²) in [5, 5.41) is 3.56. The molecule has 7 heteroatoms. The number of carbonyl (C=O) groups excluding carboxylic acids is 3. The van der Waals surface area contributed by atoms with Gasteiger partial charge in [0.05, 0.1) is 18.4 Å². The van der Waals surface area contributed by atoms with Crippen LogP contribution in [0.5, 0.6) is 0 Å². The van der Waals surface area contributed by atoms with Gasteiger partial charge in [-0.25, -0.2) is 0 Å². The normalized spacial score (nSPS) is 27.6. The molecule has 0 saturated carbocycles. The minimum atomic E-state index is -1.24. The van der Waals surface area contributed by atoms with Crippen LogP contribution in [0, 0.1) is 11.8 Å². The van der Waals surface area contributed by atoms with Crippen LogP contribution in [-0.2, 0) is 26.5 Å². The van der Waals surface area contributed by atoms with Crippen molar-refractivity contribution in [2.75, 3.05) is 23.5 Å². The largest absolute Gasteiger partial charge is 0.306 e. The third-order valence-electron chi connectivity index (χ3n) is 7.20. The summed E-state index contributed by atoms with van der Waals surface area (Å²) in [4.78, 5) is 44.9. The summed E-state index contributed by atoms with van der Waals surface area (Å²) in [6.45, 7) is 6.49. The minimum Gasteiger partial charge on any atom is -0.306 e. The highest BCUT2D eigenvalue weighted by Gasteiger charge is 2.71. The fourth-order valence-electron chi connectivity index (χ4n) is 5.85. The molecule has 3 aliphatic heterocycles. The maximum atomic E-state index is 14.1. The monoisotopic (exact) mass is 475 g/mol. The van der Waals surface area contributed by atoms with Crippen LogP contribution in [0.4, 0.5) is 5.69 Å². The topological polar surface area (TPSA) is 69.7 Å². The SMILES string of the molecule is C=C(C)CN1C(=O)[C@]2(N[C@H](CCSC)[C@H]3C(=O)N(Cc4ccccc4)C(=O)[C@@H]32)c2ccccc21. The second kappa shape index (κ2) is 8.71. The Morgan fingerprint density at radius 1 is 1.03 bits per heavy atom. The lowest BCUT2D eigenvalue weighted by Gasteiger charge is -2.30. The number of rotatable bonds is 7. The van der Waals surface area contributed by atoms with Gasteiger partial charge in [-0.1, -0.05) is 60.7 Å². The van der Waals surface area contributed by atoms with Gasteiger partial charge in [0.1, 0.15) is 5.54 Å². The number of nitrogens with zero attached hydrogens (tertiary/aromatic N) is 2. The molecule has 2 fully saturated rings. The number of anilines is 1. The zero-order valence-electron chi connectivity index (χ0n) is 19.5. The van der Waals surface area contributed by atoms with E-state index in [9.17, 15) is 14.4 Å². The van der Waals surface area contributed by atoms with Crippen LogP contribution in [0.3, 0.4) is 0 Å². The summed E-state index contributed by atoms with van der Waals surface area (Å²) < 4.78 is 0. The Morgan fingerprint density at radius 3 is 2.44 bits per heavy atom. The first-order valence-electron chi connectivity index (χ1n) is 11.6. The molecule has 0 bridgehead atoms. The molecular formula is C27H29N3O3S. The molecule has 3 aliphatic rings. The van der Waals surface area contributed by atoms with Gasteiger partial charge in [0.2, 0.25) is 11.8 Å². The number of carbonyl (C=O) groups is 3. The zero-order chi connectivity index (χ0) is 24.0. The van der Waals surface area contributed by atoms with Gasteiger partial charge in [0.15, 0.2) is 0 Å². The number of amides is 3. The Kier molecular flexibility index (Phi) is 5.86. The van der Waals surface area contributed by atoms with E-state index in [1.807, 2.05) is 67.8 Å². The van der Waals surface area contributed by atoms with Gasteiger partial charge in [-0.3, -0.25) is 24.6 Å². The van der Waals surface area contributed by atoms with Gasteiger partial charge in [0, 0.05) is 23.8 Å². The maximum absolute atomic E-state index is 14.1. The summed E-state index contributed by atoms with van der Waals surface area (Å²) >= 11 is 1.70. The lowest BCUT2D eigenvalue weighted by Crippen LogP contribution is -2.55. The molecule has 1 N–H and O–H groups in total. The highest BCUT2D eigenvalue weighted by atomic mass is 32.2. The molecular weight excluding hydrogens is 446 g/mol. The van der Waals surface area contributed by atoms with Gasteiger partial charge in [-0.15, -0.1) is 0 Å². The summed E-state index contributed by atoms with van der Waals surface area (Å²) in [5.41, 5.74) is 2.08. The van der Waals surface area contributed by atoms with Crippen LogP contribution >= 0.6 is 11.8 Å². The molecule has 0 unspecified atom stereocenters. The van der Waals surface area contributed by atoms with Crippen molar-refractivity contribution in [3.8, 4) is 0 Å². The Bertz CT molecular complexity index is 1170. The van der Waals surface area contributed by atoms with E-state index in [1.165, 1.54) is 4.90 Å². The van der Waals surface area contributed by atoms with E-state index in [0.29, 0.717) is 13.0 Å². The van der Waals surface area contributed by atoms with Gasteiger partial charge in [-0.2, -0.15) is 11.8 Å². The van der Waals surface area contributed by atoms with Gasteiger partial charge in [0.25, 0.3) is 5.91 Å². The van der Waals surface area contributed by atoms with E-state index in [2.05, 4.69) is 11.9 Å². The molecule has 5 rings (SSSR count). The summed E-state index contributed by atoms with van der Waals surface area (Å²) in [5.74, 6) is -1.11. The molecule has 2 saturated heterocycles. The minimum absolute atomic E-state index is 0.166. The second-order valence-electron chi connectivity index (χ2n) is 9.46. The van der Waals surface area contributed by atoms with E-state index >= 15 is 0 Å². The van der Waals surface area contributed by atoms with E-state index in [1.54, 1.807) is 16.7 Å². The number of imide groups is 1. The number of likely N-dealkylation sites (tertiary alicyclic amines) is 1. The zero-order valence-corrected chi connectivity index (χ0v) is 20.3. The molecule has 0 aliphatic carbocycles. The highest BCUT2D eigenvalue weighted by molar-refractivity contribution is 7.98. The molecule has 4 atom stereocenters. The number of para-hydroxylation sites is 1. The van der Waals surface area contributed by atoms with Crippen molar-refractivity contribution < 1.29 is 14.4 Å². The Hall–Kier alpha value is -2.90. The van der Waals surface area contributed by atoms with E-state index in [-0.39, 0.29) is 30.3 Å². The predicted octanol–water partition coefficient (Wildman–Crippen LogP) is 3.33. The van der Waals surface area contributed by atoms with Crippen LogP contribution in [0.15, 0.2) is 66.7 Å². The standard InChI is InChI=1S/C27H29N3O3S/c1-17(2)15-29-21-12-8-7-11-19(21)27(26(29)33)23-22(20(28-27)13-14-34-3)24(31)30(25(23)32)16-18-9-5-4-6-10-18/h4-12,20,22-23,28H,1,13-16H2,2-3H3/t20-,22-,23-,27+/m1/s1. The molecule has 1 spiro atoms. The molecule has 6 nitrogen and oxygen atoms in total. The Balaban J connectivity index is 1.61. The predicted molar refractivity (Wildman–Crippen MR) is 134 cm³/mol. The average molecular weight is 476 g/mol. The van der Waals surface area contributed by atoms with Crippen molar-refractivity contribution in [1.29, 1.82) is 0 Å². The maximum Gasteiger partial charge on any atom is 0.253 e. The number of thioether (sulfide) groups is 1. The van der Waals surface area contributed by atoms with Gasteiger partial charge in [-0.05, 0) is 37.0 Å². The first-order valence-corrected chi connectivity index (χ1v) is 13.0. The van der Waals surface area contributed by atoms with Crippen molar-refractivity contribution in [1.82, 2.24) is 10.2 Å². The van der Waals surface area contributed by atoms with Crippen LogP contribution in [-0.4, -0.2) is 47.2 Å². The Labute approximate surface area is 204 Å². The van der Waals surface area contributed by atoms with Crippen LogP contribution in [0.25, 0.3) is 0 Å². The molecule has 176 valence electrons. The van der Waals surface area contributed by atoms with Gasteiger partial charge < -0.3 is 4.90 Å². The van der Waals surface area contributed by atoms with E-state index in [0.717, 1.165) is 28.1 Å². The fourth-order valence-corrected chi connectivity index (χ4v) is 6.34. The van der Waals surface area contributed by atoms with Crippen LogP contribution in [0.2, 0.25) is 0 Å². The average Bonchev–Trinajstić information content (AvgIpc) is 3.39. The lowest BCUT2D eigenvalue weighted by atomic mass is 9.76. The van der Waals surface area contributed by atoms with Crippen molar-refractivity contribution in [3.63, 3.8) is 0 Å². The molecule has 2 aromatic carbocycles. The Morgan fingerprint density at radius 2 is 1.74 bits per heavy atom. The van der Waals surface area contributed by atoms with E-state index < -0.39 is 17.4 Å². The molecule has 0 radical (unpaired) electrons. The lowest BCUT2D eigenvalue weighted by molar-refractivity contribution is -0.143. The van der Waals surface area contributed by atoms with E-state index in [4.69, 9.17) is 0 Å². The summed E-state index contributed by atoms with van der Waals surface area (Å²) in [6, 6.07) is 16.9. The van der Waals surface area contributed by atoms with Gasteiger partial charge >= 0.3 is 0 Å². The third-order valence-corrected chi connectivity index (χ3v) is 7.85. The molecule has 0 aromatic heterocycles. The quantitative estimate of drug-likeness (QED) is 0.491. The number of benzene rings is 2. The molecule has 3 heterocycles. The van der Waals surface area contributed by atoms with Crippen molar-refractivity contribution >= 4 is 35.2 Å². The number of fused-ring (bicyclic) bond motifs is 4.